The van der Waals surface area contributed by atoms with Gasteiger partial charge in [0.2, 0.25) is 10.0 Å². The van der Waals surface area contributed by atoms with Crippen molar-refractivity contribution in [1.29, 1.82) is 0 Å². The predicted molar refractivity (Wildman–Crippen MR) is 71.0 cm³/mol. The van der Waals surface area contributed by atoms with Crippen LogP contribution in [0, 0.1) is 6.92 Å². The van der Waals surface area contributed by atoms with Crippen LogP contribution in [0.4, 0.5) is 0 Å². The first-order valence-electron chi connectivity index (χ1n) is 5.99. The van der Waals surface area contributed by atoms with Crippen LogP contribution in [-0.2, 0) is 21.3 Å². The molecule has 1 N–H and O–H groups in total. The molecule has 0 unspecified atom stereocenters. The van der Waals surface area contributed by atoms with Crippen molar-refractivity contribution in [3.8, 4) is 0 Å². The molecule has 2 atom stereocenters. The molecule has 5 nitrogen and oxygen atoms in total. The van der Waals surface area contributed by atoms with Gasteiger partial charge in [0.25, 0.3) is 0 Å². The zero-order valence-corrected chi connectivity index (χ0v) is 12.2. The lowest BCUT2D eigenvalue weighted by Crippen LogP contribution is -2.39. The molecule has 1 aliphatic rings. The number of nitrogens with zero attached hydrogens (tertiary/aromatic N) is 1. The number of aryl methyl sites for hydroxylation is 1. The van der Waals surface area contributed by atoms with Crippen molar-refractivity contribution < 1.29 is 13.2 Å². The number of sulfonamides is 1. The average Bonchev–Trinajstić information content (AvgIpc) is 2.73. The van der Waals surface area contributed by atoms with Crippen molar-refractivity contribution in [1.82, 2.24) is 9.71 Å². The van der Waals surface area contributed by atoms with Crippen LogP contribution in [0.2, 0.25) is 0 Å². The summed E-state index contributed by atoms with van der Waals surface area (Å²) >= 11 is 1.51. The summed E-state index contributed by atoms with van der Waals surface area (Å²) in [5, 5.41) is 0.610. The van der Waals surface area contributed by atoms with Crippen LogP contribution in [0.3, 0.4) is 0 Å². The second kappa shape index (κ2) is 5.64. The molecule has 7 heteroatoms. The van der Waals surface area contributed by atoms with Crippen molar-refractivity contribution in [2.45, 2.75) is 44.6 Å². The Morgan fingerprint density at radius 2 is 2.39 bits per heavy atom. The summed E-state index contributed by atoms with van der Waals surface area (Å²) in [5.74, 6) is 0. The Morgan fingerprint density at radius 3 is 3.00 bits per heavy atom. The second-order valence-electron chi connectivity index (χ2n) is 4.54. The van der Waals surface area contributed by atoms with Gasteiger partial charge in [-0.2, -0.15) is 0 Å². The first-order valence-corrected chi connectivity index (χ1v) is 8.35. The van der Waals surface area contributed by atoms with E-state index in [-0.39, 0.29) is 11.4 Å². The molecule has 1 fully saturated rings. The molecular weight excluding hydrogens is 272 g/mol. The average molecular weight is 290 g/mol. The van der Waals surface area contributed by atoms with Crippen LogP contribution >= 0.6 is 11.3 Å². The molecule has 0 bridgehead atoms. The fourth-order valence-electron chi connectivity index (χ4n) is 2.02. The van der Waals surface area contributed by atoms with Gasteiger partial charge in [-0.15, -0.1) is 11.3 Å². The highest BCUT2D eigenvalue weighted by Crippen LogP contribution is 2.20. The molecular formula is C11H18N2O3S2. The second-order valence-corrected chi connectivity index (χ2v) is 7.90. The van der Waals surface area contributed by atoms with E-state index in [4.69, 9.17) is 4.74 Å². The van der Waals surface area contributed by atoms with E-state index >= 15 is 0 Å². The minimum absolute atomic E-state index is 0.0194. The first kappa shape index (κ1) is 13.9. The van der Waals surface area contributed by atoms with Crippen molar-refractivity contribution in [3.05, 3.63) is 16.1 Å². The standard InChI is InChI=1S/C11H18N2O3S2/c1-8-5-11(3-4-16-8)18(14,15)13-7-10-6-12-9(2)17-10/h6,8,11,13H,3-5,7H2,1-2H3/t8-,11+/m1/s1. The Labute approximate surface area is 112 Å². The number of rotatable bonds is 4. The first-order chi connectivity index (χ1) is 8.47. The molecule has 0 amide bonds. The highest BCUT2D eigenvalue weighted by Gasteiger charge is 2.30. The summed E-state index contributed by atoms with van der Waals surface area (Å²) < 4.78 is 32.3. The molecule has 1 saturated heterocycles. The number of nitrogens with one attached hydrogen (secondary N) is 1. The molecule has 1 aromatic heterocycles. The summed E-state index contributed by atoms with van der Waals surface area (Å²) in [4.78, 5) is 5.05. The third-order valence-electron chi connectivity index (χ3n) is 2.99. The molecule has 1 aromatic rings. The summed E-state index contributed by atoms with van der Waals surface area (Å²) in [5.41, 5.74) is 0. The van der Waals surface area contributed by atoms with Gasteiger partial charge < -0.3 is 4.74 Å². The molecule has 0 aliphatic carbocycles. The number of ether oxygens (including phenoxy) is 1. The van der Waals surface area contributed by atoms with Gasteiger partial charge in [-0.25, -0.2) is 18.1 Å². The molecule has 2 heterocycles. The van der Waals surface area contributed by atoms with Gasteiger partial charge >= 0.3 is 0 Å². The lowest BCUT2D eigenvalue weighted by atomic mass is 10.1. The quantitative estimate of drug-likeness (QED) is 0.911. The maximum Gasteiger partial charge on any atom is 0.214 e. The zero-order valence-electron chi connectivity index (χ0n) is 10.5. The maximum atomic E-state index is 12.1. The molecule has 2 rings (SSSR count). The Morgan fingerprint density at radius 1 is 1.61 bits per heavy atom. The van der Waals surface area contributed by atoms with Gasteiger partial charge in [0.15, 0.2) is 0 Å². The van der Waals surface area contributed by atoms with Crippen LogP contribution in [0.25, 0.3) is 0 Å². The largest absolute Gasteiger partial charge is 0.378 e. The Balaban J connectivity index is 1.94. The van der Waals surface area contributed by atoms with Gasteiger partial charge in [0, 0.05) is 24.2 Å². The van der Waals surface area contributed by atoms with Gasteiger partial charge in [-0.05, 0) is 26.7 Å². The molecule has 0 radical (unpaired) electrons. The topological polar surface area (TPSA) is 68.3 Å². The summed E-state index contributed by atoms with van der Waals surface area (Å²) in [6.07, 6.45) is 2.87. The SMILES string of the molecule is Cc1ncc(CNS(=O)(=O)[C@H]2CCO[C@H](C)C2)s1. The molecule has 0 aromatic carbocycles. The zero-order chi connectivity index (χ0) is 13.2. The van der Waals surface area contributed by atoms with E-state index in [1.807, 2.05) is 13.8 Å². The van der Waals surface area contributed by atoms with Crippen molar-refractivity contribution in [3.63, 3.8) is 0 Å². The van der Waals surface area contributed by atoms with Gasteiger partial charge in [0.1, 0.15) is 0 Å². The van der Waals surface area contributed by atoms with Crippen LogP contribution in [0.5, 0.6) is 0 Å². The van der Waals surface area contributed by atoms with E-state index in [1.165, 1.54) is 11.3 Å². The minimum atomic E-state index is -3.26. The molecule has 102 valence electrons. The highest BCUT2D eigenvalue weighted by atomic mass is 32.2. The van der Waals surface area contributed by atoms with E-state index in [9.17, 15) is 8.42 Å². The van der Waals surface area contributed by atoms with E-state index in [2.05, 4.69) is 9.71 Å². The van der Waals surface area contributed by atoms with Crippen LogP contribution in [0.15, 0.2) is 6.20 Å². The van der Waals surface area contributed by atoms with Crippen molar-refractivity contribution in [2.24, 2.45) is 0 Å². The number of thiazole rings is 1. The Hall–Kier alpha value is -0.500. The smallest absolute Gasteiger partial charge is 0.214 e. The Bertz CT molecular complexity index is 498. The summed E-state index contributed by atoms with van der Waals surface area (Å²) in [6, 6.07) is 0. The van der Waals surface area contributed by atoms with Gasteiger partial charge in [-0.3, -0.25) is 0 Å². The number of hydrogen-bond acceptors (Lipinski definition) is 5. The maximum absolute atomic E-state index is 12.1. The fourth-order valence-corrected chi connectivity index (χ4v) is 4.36. The normalized spacial score (nSPS) is 25.2. The Kier molecular flexibility index (Phi) is 4.37. The molecule has 0 spiro atoms. The van der Waals surface area contributed by atoms with Gasteiger partial charge in [0.05, 0.1) is 16.4 Å². The van der Waals surface area contributed by atoms with E-state index in [0.717, 1.165) is 9.88 Å². The van der Waals surface area contributed by atoms with E-state index in [0.29, 0.717) is 26.0 Å². The van der Waals surface area contributed by atoms with E-state index < -0.39 is 10.0 Å². The highest BCUT2D eigenvalue weighted by molar-refractivity contribution is 7.90. The van der Waals surface area contributed by atoms with E-state index in [1.54, 1.807) is 6.20 Å². The number of hydrogen-bond donors (Lipinski definition) is 1. The van der Waals surface area contributed by atoms with Crippen molar-refractivity contribution >= 4 is 21.4 Å². The summed E-state index contributed by atoms with van der Waals surface area (Å²) in [7, 11) is -3.26. The predicted octanol–water partition coefficient (Wildman–Crippen LogP) is 1.44. The van der Waals surface area contributed by atoms with Crippen LogP contribution in [-0.4, -0.2) is 31.4 Å². The van der Waals surface area contributed by atoms with Crippen LogP contribution in [0.1, 0.15) is 29.7 Å². The molecule has 0 saturated carbocycles. The van der Waals surface area contributed by atoms with Crippen LogP contribution < -0.4 is 4.72 Å². The molecule has 18 heavy (non-hydrogen) atoms. The number of aromatic nitrogens is 1. The van der Waals surface area contributed by atoms with Crippen molar-refractivity contribution in [2.75, 3.05) is 6.61 Å². The lowest BCUT2D eigenvalue weighted by molar-refractivity contribution is 0.0299. The fraction of sp³-hybridized carbons (Fsp3) is 0.727. The molecule has 1 aliphatic heterocycles. The third-order valence-corrected chi connectivity index (χ3v) is 5.76. The monoisotopic (exact) mass is 290 g/mol. The third kappa shape index (κ3) is 3.50. The van der Waals surface area contributed by atoms with Gasteiger partial charge in [-0.1, -0.05) is 0 Å². The minimum Gasteiger partial charge on any atom is -0.378 e. The summed E-state index contributed by atoms with van der Waals surface area (Å²) in [6.45, 7) is 4.67. The lowest BCUT2D eigenvalue weighted by Gasteiger charge is -2.27.